The maximum absolute atomic E-state index is 13.3. The number of furan rings is 1. The third-order valence-electron chi connectivity index (χ3n) is 6.23. The van der Waals surface area contributed by atoms with E-state index in [0.29, 0.717) is 22.8 Å². The fourth-order valence-corrected chi connectivity index (χ4v) is 4.45. The fourth-order valence-electron chi connectivity index (χ4n) is 4.45. The molecule has 0 fully saturated rings. The van der Waals surface area contributed by atoms with E-state index in [0.717, 1.165) is 48.7 Å². The zero-order chi connectivity index (χ0) is 23.6. The van der Waals surface area contributed by atoms with Gasteiger partial charge in [0.25, 0.3) is 5.91 Å². The van der Waals surface area contributed by atoms with Gasteiger partial charge in [0.2, 0.25) is 0 Å². The van der Waals surface area contributed by atoms with Crippen molar-refractivity contribution in [2.75, 3.05) is 5.32 Å². The summed E-state index contributed by atoms with van der Waals surface area (Å²) in [6, 6.07) is 22.7. The minimum atomic E-state index is -0.261. The van der Waals surface area contributed by atoms with Gasteiger partial charge >= 0.3 is 0 Å². The second-order valence-corrected chi connectivity index (χ2v) is 8.57. The quantitative estimate of drug-likeness (QED) is 0.378. The number of amides is 1. The number of hydrogen-bond donors (Lipinski definition) is 1. The molecule has 0 unspecified atom stereocenters. The average molecular weight is 465 g/mol. The lowest BCUT2D eigenvalue weighted by molar-refractivity contribution is 0.101. The number of para-hydroxylation sites is 1. The monoisotopic (exact) mass is 464 g/mol. The van der Waals surface area contributed by atoms with Crippen LogP contribution >= 0.6 is 0 Å². The average Bonchev–Trinajstić information content (AvgIpc) is 3.63. The number of nitrogens with one attached hydrogen (secondary N) is 1. The summed E-state index contributed by atoms with van der Waals surface area (Å²) >= 11 is 0. The predicted molar refractivity (Wildman–Crippen MR) is 132 cm³/mol. The van der Waals surface area contributed by atoms with Crippen LogP contribution in [0.1, 0.15) is 35.6 Å². The van der Waals surface area contributed by atoms with Gasteiger partial charge in [-0.3, -0.25) is 4.79 Å². The summed E-state index contributed by atoms with van der Waals surface area (Å²) in [4.78, 5) is 13.3. The molecular formula is C27H24N6O2. The first-order chi connectivity index (χ1) is 17.3. The van der Waals surface area contributed by atoms with Crippen molar-refractivity contribution >= 4 is 11.6 Å². The molecular weight excluding hydrogens is 440 g/mol. The zero-order valence-corrected chi connectivity index (χ0v) is 19.1. The molecule has 8 nitrogen and oxygen atoms in total. The molecule has 2 aromatic carbocycles. The van der Waals surface area contributed by atoms with Crippen LogP contribution in [-0.4, -0.2) is 30.5 Å². The molecule has 1 amide bonds. The van der Waals surface area contributed by atoms with E-state index in [9.17, 15) is 4.79 Å². The van der Waals surface area contributed by atoms with E-state index in [1.165, 1.54) is 6.42 Å². The van der Waals surface area contributed by atoms with Crippen molar-refractivity contribution in [2.24, 2.45) is 0 Å². The SMILES string of the molecule is O=C(Nc1ccc(-c2nnc3n2CCCCC3)cc1)c1cc(-c2ccco2)nn1-c1ccccc1. The number of anilines is 1. The minimum Gasteiger partial charge on any atom is -0.463 e. The van der Waals surface area contributed by atoms with Crippen LogP contribution in [0, 0.1) is 0 Å². The molecule has 174 valence electrons. The first-order valence-electron chi connectivity index (χ1n) is 11.8. The predicted octanol–water partition coefficient (Wildman–Crippen LogP) is 5.37. The van der Waals surface area contributed by atoms with Gasteiger partial charge in [-0.05, 0) is 61.4 Å². The number of benzene rings is 2. The second-order valence-electron chi connectivity index (χ2n) is 8.57. The van der Waals surface area contributed by atoms with E-state index in [4.69, 9.17) is 4.42 Å². The molecule has 0 radical (unpaired) electrons. The number of hydrogen-bond acceptors (Lipinski definition) is 5. The topological polar surface area (TPSA) is 90.8 Å². The van der Waals surface area contributed by atoms with Gasteiger partial charge in [-0.1, -0.05) is 24.6 Å². The maximum atomic E-state index is 13.3. The molecule has 6 rings (SSSR count). The molecule has 1 N–H and O–H groups in total. The lowest BCUT2D eigenvalue weighted by Crippen LogP contribution is -2.16. The van der Waals surface area contributed by atoms with Gasteiger partial charge in [0.1, 0.15) is 17.2 Å². The zero-order valence-electron chi connectivity index (χ0n) is 19.1. The molecule has 0 saturated carbocycles. The highest BCUT2D eigenvalue weighted by atomic mass is 16.3. The van der Waals surface area contributed by atoms with Crippen LogP contribution in [-0.2, 0) is 13.0 Å². The molecule has 0 aliphatic carbocycles. The Morgan fingerprint density at radius 2 is 1.77 bits per heavy atom. The number of nitrogens with zero attached hydrogens (tertiary/aromatic N) is 5. The van der Waals surface area contributed by atoms with Crippen LogP contribution < -0.4 is 5.32 Å². The Kier molecular flexibility index (Phi) is 5.46. The van der Waals surface area contributed by atoms with Crippen LogP contribution in [0.3, 0.4) is 0 Å². The number of rotatable bonds is 5. The summed E-state index contributed by atoms with van der Waals surface area (Å²) in [5, 5.41) is 16.4. The van der Waals surface area contributed by atoms with Gasteiger partial charge in [-0.25, -0.2) is 4.68 Å². The normalized spacial score (nSPS) is 13.3. The molecule has 5 aromatic rings. The van der Waals surface area contributed by atoms with Crippen molar-refractivity contribution in [1.29, 1.82) is 0 Å². The largest absolute Gasteiger partial charge is 0.463 e. The fraction of sp³-hybridized carbons (Fsp3) is 0.185. The molecule has 0 spiro atoms. The molecule has 0 bridgehead atoms. The number of aromatic nitrogens is 5. The molecule has 1 aliphatic rings. The van der Waals surface area contributed by atoms with E-state index in [1.54, 1.807) is 23.1 Å². The Bertz CT molecular complexity index is 1450. The molecule has 8 heteroatoms. The van der Waals surface area contributed by atoms with Gasteiger partial charge in [0.15, 0.2) is 11.6 Å². The molecule has 1 aliphatic heterocycles. The Morgan fingerprint density at radius 3 is 2.57 bits per heavy atom. The number of fused-ring (bicyclic) bond motifs is 1. The Hall–Kier alpha value is -4.46. The van der Waals surface area contributed by atoms with Gasteiger partial charge < -0.3 is 14.3 Å². The summed E-state index contributed by atoms with van der Waals surface area (Å²) in [6.07, 6.45) is 6.07. The first-order valence-corrected chi connectivity index (χ1v) is 11.8. The number of carbonyl (C=O) groups excluding carboxylic acids is 1. The summed E-state index contributed by atoms with van der Waals surface area (Å²) in [5.74, 6) is 2.27. The van der Waals surface area contributed by atoms with Gasteiger partial charge in [-0.15, -0.1) is 10.2 Å². The second kappa shape index (κ2) is 9.06. The van der Waals surface area contributed by atoms with Crippen LogP contribution in [0.15, 0.2) is 83.5 Å². The van der Waals surface area contributed by atoms with Gasteiger partial charge in [0, 0.05) is 30.3 Å². The Balaban J connectivity index is 1.27. The van der Waals surface area contributed by atoms with Crippen LogP contribution in [0.5, 0.6) is 0 Å². The van der Waals surface area contributed by atoms with E-state index < -0.39 is 0 Å². The third kappa shape index (κ3) is 4.14. The van der Waals surface area contributed by atoms with Gasteiger partial charge in [0.05, 0.1) is 12.0 Å². The van der Waals surface area contributed by atoms with Crippen molar-refractivity contribution < 1.29 is 9.21 Å². The molecule has 0 saturated heterocycles. The molecule has 35 heavy (non-hydrogen) atoms. The van der Waals surface area contributed by atoms with Crippen molar-refractivity contribution in [2.45, 2.75) is 32.2 Å². The van der Waals surface area contributed by atoms with Crippen molar-refractivity contribution in [3.63, 3.8) is 0 Å². The Labute approximate surface area is 202 Å². The number of carbonyl (C=O) groups is 1. The lowest BCUT2D eigenvalue weighted by Gasteiger charge is -2.10. The number of aryl methyl sites for hydroxylation is 1. The van der Waals surface area contributed by atoms with Crippen LogP contribution in [0.2, 0.25) is 0 Å². The molecule has 0 atom stereocenters. The highest BCUT2D eigenvalue weighted by molar-refractivity contribution is 6.04. The summed E-state index contributed by atoms with van der Waals surface area (Å²) < 4.78 is 9.35. The Morgan fingerprint density at radius 1 is 0.914 bits per heavy atom. The van der Waals surface area contributed by atoms with Crippen molar-refractivity contribution in [3.8, 4) is 28.5 Å². The van der Waals surface area contributed by atoms with Crippen molar-refractivity contribution in [3.05, 3.63) is 90.6 Å². The molecule has 3 aromatic heterocycles. The summed E-state index contributed by atoms with van der Waals surface area (Å²) in [7, 11) is 0. The highest BCUT2D eigenvalue weighted by Crippen LogP contribution is 2.26. The molecule has 4 heterocycles. The standard InChI is InChI=1S/C27H24N6O2/c34-27(23-18-22(24-10-7-17-35-24)31-33(23)21-8-3-1-4-9-21)28-20-14-12-19(13-15-20)26-30-29-25-11-5-2-6-16-32(25)26/h1,3-4,7-10,12-15,17-18H,2,5-6,11,16H2,(H,28,34). The van der Waals surface area contributed by atoms with Gasteiger partial charge in [-0.2, -0.15) is 5.10 Å². The van der Waals surface area contributed by atoms with Crippen molar-refractivity contribution in [1.82, 2.24) is 24.5 Å². The summed E-state index contributed by atoms with van der Waals surface area (Å²) in [6.45, 7) is 0.942. The van der Waals surface area contributed by atoms with Crippen LogP contribution in [0.4, 0.5) is 5.69 Å². The van der Waals surface area contributed by atoms with Crippen LogP contribution in [0.25, 0.3) is 28.5 Å². The minimum absolute atomic E-state index is 0.261. The maximum Gasteiger partial charge on any atom is 0.274 e. The van der Waals surface area contributed by atoms with E-state index >= 15 is 0 Å². The van der Waals surface area contributed by atoms with E-state index in [2.05, 4.69) is 25.2 Å². The first kappa shape index (κ1) is 21.1. The van der Waals surface area contributed by atoms with E-state index in [1.807, 2.05) is 60.7 Å². The lowest BCUT2D eigenvalue weighted by atomic mass is 10.2. The highest BCUT2D eigenvalue weighted by Gasteiger charge is 2.20. The summed E-state index contributed by atoms with van der Waals surface area (Å²) in [5.41, 5.74) is 3.47. The smallest absolute Gasteiger partial charge is 0.274 e. The third-order valence-corrected chi connectivity index (χ3v) is 6.23. The van der Waals surface area contributed by atoms with E-state index in [-0.39, 0.29) is 5.91 Å².